The summed E-state index contributed by atoms with van der Waals surface area (Å²) in [6.07, 6.45) is 2.57. The zero-order valence-corrected chi connectivity index (χ0v) is 11.7. The number of hydrogen-bond acceptors (Lipinski definition) is 5. The van der Waals surface area contributed by atoms with E-state index in [1.54, 1.807) is 0 Å². The highest BCUT2D eigenvalue weighted by atomic mass is 16.5. The maximum Gasteiger partial charge on any atom is 0.225 e. The summed E-state index contributed by atoms with van der Waals surface area (Å²) in [7, 11) is 0. The molecule has 0 saturated carbocycles. The van der Waals surface area contributed by atoms with E-state index in [-0.39, 0.29) is 0 Å². The molecule has 1 aliphatic heterocycles. The second kappa shape index (κ2) is 6.05. The van der Waals surface area contributed by atoms with Crippen molar-refractivity contribution in [3.8, 4) is 0 Å². The summed E-state index contributed by atoms with van der Waals surface area (Å²) in [5, 5.41) is 7.64. The summed E-state index contributed by atoms with van der Waals surface area (Å²) in [5.74, 6) is 1.54. The van der Waals surface area contributed by atoms with Gasteiger partial charge in [-0.1, -0.05) is 12.1 Å². The lowest BCUT2D eigenvalue weighted by Gasteiger charge is -2.14. The smallest absolute Gasteiger partial charge is 0.225 e. The van der Waals surface area contributed by atoms with E-state index in [1.165, 1.54) is 0 Å². The van der Waals surface area contributed by atoms with E-state index in [4.69, 9.17) is 4.74 Å². The Bertz CT molecular complexity index is 581. The van der Waals surface area contributed by atoms with E-state index in [0.29, 0.717) is 12.1 Å². The topological polar surface area (TPSA) is 59.1 Å². The minimum atomic E-state index is 0.298. The Hall–Kier alpha value is -1.88. The van der Waals surface area contributed by atoms with Gasteiger partial charge in [-0.05, 0) is 31.9 Å². The summed E-state index contributed by atoms with van der Waals surface area (Å²) in [6, 6.07) is 8.06. The van der Waals surface area contributed by atoms with Crippen molar-refractivity contribution in [1.82, 2.24) is 9.97 Å². The molecular weight excluding hydrogens is 252 g/mol. The van der Waals surface area contributed by atoms with Gasteiger partial charge in [0.05, 0.1) is 11.6 Å². The Balaban J connectivity index is 1.86. The van der Waals surface area contributed by atoms with Crippen molar-refractivity contribution in [2.45, 2.75) is 25.9 Å². The summed E-state index contributed by atoms with van der Waals surface area (Å²) < 4.78 is 5.64. The fourth-order valence-corrected chi connectivity index (χ4v) is 2.46. The van der Waals surface area contributed by atoms with Gasteiger partial charge in [0.25, 0.3) is 0 Å². The Labute approximate surface area is 118 Å². The van der Waals surface area contributed by atoms with Crippen LogP contribution in [0.5, 0.6) is 0 Å². The van der Waals surface area contributed by atoms with E-state index >= 15 is 0 Å². The number of hydrogen-bond donors (Lipinski definition) is 2. The first-order valence-electron chi connectivity index (χ1n) is 7.23. The molecular formula is C15H20N4O. The molecule has 0 aliphatic carbocycles. The van der Waals surface area contributed by atoms with E-state index in [0.717, 1.165) is 49.3 Å². The summed E-state index contributed by atoms with van der Waals surface area (Å²) >= 11 is 0. The highest BCUT2D eigenvalue weighted by Crippen LogP contribution is 2.22. The van der Waals surface area contributed by atoms with Gasteiger partial charge >= 0.3 is 0 Å². The molecule has 1 aromatic carbocycles. The van der Waals surface area contributed by atoms with Gasteiger partial charge in [0, 0.05) is 25.1 Å². The predicted molar refractivity (Wildman–Crippen MR) is 81.2 cm³/mol. The van der Waals surface area contributed by atoms with Crippen molar-refractivity contribution >= 4 is 22.7 Å². The Morgan fingerprint density at radius 3 is 2.95 bits per heavy atom. The van der Waals surface area contributed by atoms with Crippen molar-refractivity contribution in [2.24, 2.45) is 0 Å². The maximum atomic E-state index is 5.64. The van der Waals surface area contributed by atoms with Crippen LogP contribution >= 0.6 is 0 Å². The molecule has 2 N–H and O–H groups in total. The van der Waals surface area contributed by atoms with Crippen LogP contribution in [0.4, 0.5) is 11.8 Å². The average molecular weight is 272 g/mol. The first-order valence-corrected chi connectivity index (χ1v) is 7.23. The lowest BCUT2D eigenvalue weighted by molar-refractivity contribution is 0.120. The Morgan fingerprint density at radius 2 is 2.15 bits per heavy atom. The van der Waals surface area contributed by atoms with Gasteiger partial charge in [-0.2, -0.15) is 4.98 Å². The zero-order chi connectivity index (χ0) is 13.8. The number of nitrogens with one attached hydrogen (secondary N) is 2. The van der Waals surface area contributed by atoms with Crippen LogP contribution in [0.1, 0.15) is 19.8 Å². The fourth-order valence-electron chi connectivity index (χ4n) is 2.46. The van der Waals surface area contributed by atoms with Crippen molar-refractivity contribution in [1.29, 1.82) is 0 Å². The number of rotatable bonds is 5. The number of ether oxygens (including phenoxy) is 1. The third-order valence-corrected chi connectivity index (χ3v) is 3.46. The average Bonchev–Trinajstić information content (AvgIpc) is 2.98. The normalized spacial score (nSPS) is 18.4. The molecule has 3 rings (SSSR count). The molecule has 1 aliphatic rings. The van der Waals surface area contributed by atoms with E-state index in [2.05, 4.69) is 20.6 Å². The Morgan fingerprint density at radius 1 is 1.25 bits per heavy atom. The highest BCUT2D eigenvalue weighted by Gasteiger charge is 2.16. The largest absolute Gasteiger partial charge is 0.376 e. The van der Waals surface area contributed by atoms with Crippen molar-refractivity contribution in [3.05, 3.63) is 24.3 Å². The first kappa shape index (κ1) is 13.1. The predicted octanol–water partition coefficient (Wildman–Crippen LogP) is 2.65. The first-order chi connectivity index (χ1) is 9.86. The minimum absolute atomic E-state index is 0.298. The molecule has 0 bridgehead atoms. The van der Waals surface area contributed by atoms with Crippen molar-refractivity contribution in [3.63, 3.8) is 0 Å². The molecule has 2 heterocycles. The SMILES string of the molecule is CCNc1nc(NCC2CCCO2)c2ccccc2n1. The van der Waals surface area contributed by atoms with E-state index in [1.807, 2.05) is 31.2 Å². The van der Waals surface area contributed by atoms with Gasteiger partial charge in [-0.3, -0.25) is 0 Å². The third kappa shape index (κ3) is 2.82. The van der Waals surface area contributed by atoms with Gasteiger partial charge in [0.1, 0.15) is 5.82 Å². The standard InChI is InChI=1S/C15H20N4O/c1-2-16-15-18-13-8-4-3-7-12(13)14(19-15)17-10-11-6-5-9-20-11/h3-4,7-8,11H,2,5-6,9-10H2,1H3,(H2,16,17,18,19). The van der Waals surface area contributed by atoms with E-state index < -0.39 is 0 Å². The number of fused-ring (bicyclic) bond motifs is 1. The van der Waals surface area contributed by atoms with Crippen LogP contribution in [0, 0.1) is 0 Å². The molecule has 1 atom stereocenters. The molecule has 2 aromatic rings. The quantitative estimate of drug-likeness (QED) is 0.876. The highest BCUT2D eigenvalue weighted by molar-refractivity contribution is 5.90. The van der Waals surface area contributed by atoms with Crippen LogP contribution in [0.25, 0.3) is 10.9 Å². The number of aromatic nitrogens is 2. The summed E-state index contributed by atoms with van der Waals surface area (Å²) in [6.45, 7) is 4.52. The molecule has 1 unspecified atom stereocenters. The van der Waals surface area contributed by atoms with Gasteiger partial charge in [-0.25, -0.2) is 4.98 Å². The maximum absolute atomic E-state index is 5.64. The van der Waals surface area contributed by atoms with Crippen LogP contribution in [-0.4, -0.2) is 35.8 Å². The van der Waals surface area contributed by atoms with Crippen molar-refractivity contribution in [2.75, 3.05) is 30.3 Å². The molecule has 1 fully saturated rings. The monoisotopic (exact) mass is 272 g/mol. The molecule has 1 aromatic heterocycles. The molecule has 5 nitrogen and oxygen atoms in total. The summed E-state index contributed by atoms with van der Waals surface area (Å²) in [4.78, 5) is 9.07. The zero-order valence-electron chi connectivity index (χ0n) is 11.7. The number of benzene rings is 1. The second-order valence-electron chi connectivity index (χ2n) is 4.96. The lowest BCUT2D eigenvalue weighted by Crippen LogP contribution is -2.19. The van der Waals surface area contributed by atoms with Gasteiger partial charge in [0.2, 0.25) is 5.95 Å². The molecule has 0 radical (unpaired) electrons. The van der Waals surface area contributed by atoms with Gasteiger partial charge < -0.3 is 15.4 Å². The van der Waals surface area contributed by atoms with Crippen LogP contribution in [0.2, 0.25) is 0 Å². The molecule has 1 saturated heterocycles. The molecule has 20 heavy (non-hydrogen) atoms. The third-order valence-electron chi connectivity index (χ3n) is 3.46. The number of para-hydroxylation sites is 1. The molecule has 0 amide bonds. The van der Waals surface area contributed by atoms with Crippen LogP contribution in [0.15, 0.2) is 24.3 Å². The second-order valence-corrected chi connectivity index (χ2v) is 4.96. The van der Waals surface area contributed by atoms with Crippen LogP contribution < -0.4 is 10.6 Å². The molecule has 0 spiro atoms. The fraction of sp³-hybridized carbons (Fsp3) is 0.467. The van der Waals surface area contributed by atoms with Crippen LogP contribution in [0.3, 0.4) is 0 Å². The van der Waals surface area contributed by atoms with Gasteiger partial charge in [0.15, 0.2) is 0 Å². The van der Waals surface area contributed by atoms with E-state index in [9.17, 15) is 0 Å². The summed E-state index contributed by atoms with van der Waals surface area (Å²) in [5.41, 5.74) is 0.952. The molecule has 5 heteroatoms. The number of nitrogens with zero attached hydrogens (tertiary/aromatic N) is 2. The van der Waals surface area contributed by atoms with Gasteiger partial charge in [-0.15, -0.1) is 0 Å². The van der Waals surface area contributed by atoms with Crippen LogP contribution in [-0.2, 0) is 4.74 Å². The Kier molecular flexibility index (Phi) is 3.97. The lowest BCUT2D eigenvalue weighted by atomic mass is 10.2. The number of anilines is 2. The van der Waals surface area contributed by atoms with Crippen molar-refractivity contribution < 1.29 is 4.74 Å². The molecule has 106 valence electrons. The minimum Gasteiger partial charge on any atom is -0.376 e.